The lowest BCUT2D eigenvalue weighted by Crippen LogP contribution is -2.24. The van der Waals surface area contributed by atoms with Gasteiger partial charge in [0.25, 0.3) is 5.56 Å². The lowest BCUT2D eigenvalue weighted by molar-refractivity contribution is -0.137. The molecule has 0 aliphatic heterocycles. The summed E-state index contributed by atoms with van der Waals surface area (Å²) in [5.74, 6) is 0.777. The Hall–Kier alpha value is -5.31. The molecule has 3 heterocycles. The van der Waals surface area contributed by atoms with Crippen LogP contribution in [0, 0.1) is 11.3 Å². The number of alkyl halides is 3. The van der Waals surface area contributed by atoms with Gasteiger partial charge in [0.15, 0.2) is 0 Å². The van der Waals surface area contributed by atoms with Gasteiger partial charge in [-0.15, -0.1) is 0 Å². The molecule has 0 radical (unpaired) electrons. The largest absolute Gasteiger partial charge is 0.417 e. The van der Waals surface area contributed by atoms with E-state index in [1.807, 2.05) is 31.2 Å². The zero-order chi connectivity index (χ0) is 28.2. The summed E-state index contributed by atoms with van der Waals surface area (Å²) in [4.78, 5) is 28.9. The van der Waals surface area contributed by atoms with Crippen molar-refractivity contribution in [2.75, 3.05) is 11.5 Å². The van der Waals surface area contributed by atoms with Gasteiger partial charge in [0, 0.05) is 24.4 Å². The molecule has 2 aromatic carbocycles. The number of halogens is 3. The fourth-order valence-electron chi connectivity index (χ4n) is 3.83. The number of para-hydroxylation sites is 1. The van der Waals surface area contributed by atoms with Crippen LogP contribution in [0.15, 0.2) is 78.0 Å². The monoisotopic (exact) mass is 530 g/mol. The molecule has 4 N–H and O–H groups in total. The number of nitrogens with zero attached hydrogens (tertiary/aromatic N) is 6. The third kappa shape index (κ3) is 5.67. The van der Waals surface area contributed by atoms with Crippen LogP contribution >= 0.6 is 0 Å². The number of nitrogen functional groups attached to an aromatic ring is 2. The Kier molecular flexibility index (Phi) is 7.53. The number of fused-ring (bicyclic) bond motifs is 1. The standard InChI is InChI=1S/C22H16F3N3O.C5H5N5/c1-2-19-27-18-10-6-9-17(14-11-15(13-26-12-14)22(23,24)25)20(18)21(29)28(19)16-7-4-3-5-8-16;6-1-3-2-9-5(8)10-4(3)7/h3-13H,2H2,1H3;2H,(H4,7,8,9,10). The van der Waals surface area contributed by atoms with Crippen molar-refractivity contribution in [3.8, 4) is 22.9 Å². The topological polar surface area (TPSA) is 149 Å². The van der Waals surface area contributed by atoms with Crippen LogP contribution in [-0.2, 0) is 12.6 Å². The van der Waals surface area contributed by atoms with Crippen molar-refractivity contribution in [3.63, 3.8) is 0 Å². The summed E-state index contributed by atoms with van der Waals surface area (Å²) in [6, 6.07) is 16.9. The molecule has 0 saturated carbocycles. The molecular formula is C27H21F3N8O. The maximum absolute atomic E-state index is 13.5. The smallest absolute Gasteiger partial charge is 0.382 e. The van der Waals surface area contributed by atoms with Crippen molar-refractivity contribution in [2.45, 2.75) is 19.5 Å². The molecule has 0 fully saturated rings. The molecule has 5 rings (SSSR count). The van der Waals surface area contributed by atoms with Crippen molar-refractivity contribution in [1.82, 2.24) is 24.5 Å². The van der Waals surface area contributed by atoms with Crippen LogP contribution in [0.2, 0.25) is 0 Å². The van der Waals surface area contributed by atoms with E-state index in [0.717, 1.165) is 12.3 Å². The average molecular weight is 531 g/mol. The number of aromatic nitrogens is 5. The first kappa shape index (κ1) is 26.7. The number of hydrogen-bond donors (Lipinski definition) is 2. The minimum atomic E-state index is -4.52. The molecule has 0 aliphatic carbocycles. The molecule has 196 valence electrons. The predicted octanol–water partition coefficient (Wildman–Crippen LogP) is 4.54. The van der Waals surface area contributed by atoms with Crippen LogP contribution in [-0.4, -0.2) is 24.5 Å². The SMILES string of the molecule is CCc1nc2cccc(-c3cncc(C(F)(F)F)c3)c2c(=O)n1-c1ccccc1.N#Cc1cnc(N)nc1N. The van der Waals surface area contributed by atoms with Crippen LogP contribution < -0.4 is 17.0 Å². The summed E-state index contributed by atoms with van der Waals surface area (Å²) in [5.41, 5.74) is 11.2. The normalized spacial score (nSPS) is 10.9. The number of pyridine rings is 1. The molecule has 0 unspecified atom stereocenters. The molecule has 0 amide bonds. The van der Waals surface area contributed by atoms with E-state index >= 15 is 0 Å². The Morgan fingerprint density at radius 2 is 1.74 bits per heavy atom. The third-order valence-electron chi connectivity index (χ3n) is 5.63. The minimum Gasteiger partial charge on any atom is -0.382 e. The lowest BCUT2D eigenvalue weighted by Gasteiger charge is -2.15. The quantitative estimate of drug-likeness (QED) is 0.345. The molecule has 0 bridgehead atoms. The molecular weight excluding hydrogens is 509 g/mol. The van der Waals surface area contributed by atoms with Crippen molar-refractivity contribution in [3.05, 3.63) is 100 Å². The van der Waals surface area contributed by atoms with Crippen LogP contribution in [0.4, 0.5) is 24.9 Å². The Morgan fingerprint density at radius 1 is 1.00 bits per heavy atom. The van der Waals surface area contributed by atoms with Gasteiger partial charge in [-0.2, -0.15) is 23.4 Å². The number of anilines is 2. The second-order valence-corrected chi connectivity index (χ2v) is 8.16. The summed E-state index contributed by atoms with van der Waals surface area (Å²) in [7, 11) is 0. The second kappa shape index (κ2) is 11.0. The Bertz CT molecular complexity index is 1750. The van der Waals surface area contributed by atoms with E-state index in [-0.39, 0.29) is 33.8 Å². The van der Waals surface area contributed by atoms with E-state index in [2.05, 4.69) is 19.9 Å². The van der Waals surface area contributed by atoms with Gasteiger partial charge >= 0.3 is 6.18 Å². The van der Waals surface area contributed by atoms with Gasteiger partial charge < -0.3 is 11.5 Å². The molecule has 0 atom stereocenters. The van der Waals surface area contributed by atoms with E-state index in [1.54, 1.807) is 30.3 Å². The third-order valence-corrected chi connectivity index (χ3v) is 5.63. The predicted molar refractivity (Wildman–Crippen MR) is 141 cm³/mol. The first-order chi connectivity index (χ1) is 18.6. The van der Waals surface area contributed by atoms with Crippen molar-refractivity contribution >= 4 is 22.7 Å². The van der Waals surface area contributed by atoms with E-state index in [4.69, 9.17) is 16.7 Å². The fourth-order valence-corrected chi connectivity index (χ4v) is 3.83. The highest BCUT2D eigenvalue weighted by molar-refractivity contribution is 5.94. The van der Waals surface area contributed by atoms with E-state index in [0.29, 0.717) is 29.0 Å². The molecule has 5 aromatic rings. The average Bonchev–Trinajstić information content (AvgIpc) is 2.93. The Morgan fingerprint density at radius 3 is 2.38 bits per heavy atom. The summed E-state index contributed by atoms with van der Waals surface area (Å²) >= 11 is 0. The van der Waals surface area contributed by atoms with Gasteiger partial charge in [0.05, 0.1) is 28.4 Å². The zero-order valence-corrected chi connectivity index (χ0v) is 20.5. The molecule has 9 nitrogen and oxygen atoms in total. The number of benzene rings is 2. The van der Waals surface area contributed by atoms with Crippen LogP contribution in [0.25, 0.3) is 27.7 Å². The maximum Gasteiger partial charge on any atom is 0.417 e. The van der Waals surface area contributed by atoms with Crippen molar-refractivity contribution in [1.29, 1.82) is 5.26 Å². The Labute approximate surface area is 220 Å². The van der Waals surface area contributed by atoms with Gasteiger partial charge in [-0.3, -0.25) is 14.3 Å². The molecule has 0 aliphatic rings. The second-order valence-electron chi connectivity index (χ2n) is 8.16. The summed E-state index contributed by atoms with van der Waals surface area (Å²) in [6.45, 7) is 1.90. The highest BCUT2D eigenvalue weighted by Crippen LogP contribution is 2.33. The number of nitrogens with two attached hydrogens (primary N) is 2. The molecule has 3 aromatic heterocycles. The summed E-state index contributed by atoms with van der Waals surface area (Å²) in [6.07, 6.45) is -0.618. The van der Waals surface area contributed by atoms with E-state index < -0.39 is 11.7 Å². The van der Waals surface area contributed by atoms with Crippen LogP contribution in [0.3, 0.4) is 0 Å². The van der Waals surface area contributed by atoms with Gasteiger partial charge in [0.1, 0.15) is 23.3 Å². The Balaban J connectivity index is 0.000000298. The van der Waals surface area contributed by atoms with Gasteiger partial charge in [-0.05, 0) is 29.8 Å². The highest BCUT2D eigenvalue weighted by atomic mass is 19.4. The van der Waals surface area contributed by atoms with Gasteiger partial charge in [-0.1, -0.05) is 37.3 Å². The number of rotatable bonds is 3. The van der Waals surface area contributed by atoms with Crippen LogP contribution in [0.5, 0.6) is 0 Å². The molecule has 0 saturated heterocycles. The number of hydrogen-bond acceptors (Lipinski definition) is 8. The molecule has 12 heteroatoms. The fraction of sp³-hybridized carbons (Fsp3) is 0.111. The number of nitriles is 1. The van der Waals surface area contributed by atoms with E-state index in [1.165, 1.54) is 17.0 Å². The maximum atomic E-state index is 13.5. The number of aryl methyl sites for hydroxylation is 1. The van der Waals surface area contributed by atoms with E-state index in [9.17, 15) is 18.0 Å². The first-order valence-corrected chi connectivity index (χ1v) is 11.5. The van der Waals surface area contributed by atoms with Crippen molar-refractivity contribution in [2.24, 2.45) is 0 Å². The highest BCUT2D eigenvalue weighted by Gasteiger charge is 2.31. The summed E-state index contributed by atoms with van der Waals surface area (Å²) < 4.78 is 40.9. The summed E-state index contributed by atoms with van der Waals surface area (Å²) in [5, 5.41) is 8.62. The van der Waals surface area contributed by atoms with Crippen LogP contribution in [0.1, 0.15) is 23.9 Å². The van der Waals surface area contributed by atoms with Crippen molar-refractivity contribution < 1.29 is 13.2 Å². The molecule has 0 spiro atoms. The van der Waals surface area contributed by atoms with Gasteiger partial charge in [-0.25, -0.2) is 9.97 Å². The lowest BCUT2D eigenvalue weighted by atomic mass is 10.0. The molecule has 39 heavy (non-hydrogen) atoms. The first-order valence-electron chi connectivity index (χ1n) is 11.5. The zero-order valence-electron chi connectivity index (χ0n) is 20.5. The van der Waals surface area contributed by atoms with Gasteiger partial charge in [0.2, 0.25) is 5.95 Å². The minimum absolute atomic E-state index is 0.0801.